The maximum Gasteiger partial charge on any atom is 0.331 e. The number of nitrogen functional groups attached to an aromatic ring is 1. The van der Waals surface area contributed by atoms with Crippen LogP contribution in [0.5, 0.6) is 0 Å². The monoisotopic (exact) mass is 301 g/mol. The van der Waals surface area contributed by atoms with E-state index in [0.29, 0.717) is 11.3 Å². The molecule has 1 aliphatic carbocycles. The molecule has 2 rings (SSSR count). The highest BCUT2D eigenvalue weighted by Gasteiger charge is 2.40. The number of aryl methyl sites for hydroxylation is 1. The van der Waals surface area contributed by atoms with Crippen LogP contribution in [0, 0.1) is 12.3 Å². The Kier molecular flexibility index (Phi) is 4.08. The Hall–Kier alpha value is -2.56. The molecule has 1 unspecified atom stereocenters. The third kappa shape index (κ3) is 3.03. The molecule has 0 spiro atoms. The van der Waals surface area contributed by atoms with Gasteiger partial charge >= 0.3 is 11.9 Å². The van der Waals surface area contributed by atoms with Crippen LogP contribution in [0.4, 0.5) is 5.69 Å². The number of rotatable bonds is 4. The molecule has 22 heavy (non-hydrogen) atoms. The molecule has 5 heteroatoms. The number of hydrogen-bond donors (Lipinski definition) is 3. The van der Waals surface area contributed by atoms with Gasteiger partial charge in [-0.1, -0.05) is 23.8 Å². The Morgan fingerprint density at radius 2 is 1.95 bits per heavy atom. The molecule has 0 amide bonds. The summed E-state index contributed by atoms with van der Waals surface area (Å²) >= 11 is 0. The van der Waals surface area contributed by atoms with Crippen LogP contribution in [0.25, 0.3) is 0 Å². The van der Waals surface area contributed by atoms with Crippen LogP contribution in [0.3, 0.4) is 0 Å². The fourth-order valence-electron chi connectivity index (χ4n) is 2.87. The van der Waals surface area contributed by atoms with E-state index < -0.39 is 17.4 Å². The van der Waals surface area contributed by atoms with E-state index in [9.17, 15) is 19.8 Å². The smallest absolute Gasteiger partial charge is 0.331 e. The molecular formula is C17H19NO4. The largest absolute Gasteiger partial charge is 0.481 e. The summed E-state index contributed by atoms with van der Waals surface area (Å²) in [5.41, 5.74) is 7.66. The van der Waals surface area contributed by atoms with Crippen molar-refractivity contribution in [3.8, 4) is 0 Å². The second kappa shape index (κ2) is 5.67. The predicted octanol–water partition coefficient (Wildman–Crippen LogP) is 2.55. The molecule has 0 aromatic heterocycles. The van der Waals surface area contributed by atoms with Crippen LogP contribution < -0.4 is 5.73 Å². The molecule has 116 valence electrons. The Morgan fingerprint density at radius 3 is 2.50 bits per heavy atom. The number of carboxylic acid groups (broad SMARTS) is 2. The summed E-state index contributed by atoms with van der Waals surface area (Å²) in [7, 11) is 0. The van der Waals surface area contributed by atoms with Crippen LogP contribution in [0.2, 0.25) is 0 Å². The lowest BCUT2D eigenvalue weighted by Crippen LogP contribution is -2.35. The standard InChI is InChI=1S/C17H19NO4/c1-10-5-13(15(19)20)9-17(7-10,16(21)22)8-12-3-4-14(18)11(2)6-12/h3-7H,8-9,18H2,1-2H3,(H,19,20)(H,21,22). The first-order valence-corrected chi connectivity index (χ1v) is 6.95. The van der Waals surface area contributed by atoms with E-state index in [1.54, 1.807) is 25.1 Å². The summed E-state index contributed by atoms with van der Waals surface area (Å²) in [4.78, 5) is 23.1. The molecule has 0 bridgehead atoms. The summed E-state index contributed by atoms with van der Waals surface area (Å²) in [6.45, 7) is 3.57. The first kappa shape index (κ1) is 15.8. The van der Waals surface area contributed by atoms with Crippen molar-refractivity contribution in [1.82, 2.24) is 0 Å². The third-order valence-corrected chi connectivity index (χ3v) is 3.97. The Bertz CT molecular complexity index is 703. The molecule has 0 heterocycles. The van der Waals surface area contributed by atoms with Crippen molar-refractivity contribution < 1.29 is 19.8 Å². The van der Waals surface area contributed by atoms with Gasteiger partial charge in [0, 0.05) is 11.3 Å². The zero-order chi connectivity index (χ0) is 16.5. The molecule has 0 saturated heterocycles. The average Bonchev–Trinajstić information content (AvgIpc) is 2.42. The molecule has 1 atom stereocenters. The van der Waals surface area contributed by atoms with Gasteiger partial charge in [-0.3, -0.25) is 4.79 Å². The number of aliphatic carboxylic acids is 2. The highest BCUT2D eigenvalue weighted by atomic mass is 16.4. The van der Waals surface area contributed by atoms with Gasteiger partial charge in [0.2, 0.25) is 0 Å². The van der Waals surface area contributed by atoms with Gasteiger partial charge in [-0.15, -0.1) is 0 Å². The van der Waals surface area contributed by atoms with Gasteiger partial charge in [0.05, 0.1) is 5.41 Å². The second-order valence-electron chi connectivity index (χ2n) is 5.87. The van der Waals surface area contributed by atoms with Crippen LogP contribution in [-0.4, -0.2) is 22.2 Å². The summed E-state index contributed by atoms with van der Waals surface area (Å²) in [6.07, 6.45) is 3.37. The lowest BCUT2D eigenvalue weighted by atomic mass is 9.72. The van der Waals surface area contributed by atoms with Gasteiger partial charge in [0.25, 0.3) is 0 Å². The van der Waals surface area contributed by atoms with Crippen LogP contribution in [0.15, 0.2) is 41.5 Å². The highest BCUT2D eigenvalue weighted by Crippen LogP contribution is 2.38. The number of allylic oxidation sites excluding steroid dienone is 2. The summed E-state index contributed by atoms with van der Waals surface area (Å²) in [5, 5.41) is 18.9. The van der Waals surface area contributed by atoms with E-state index in [0.717, 1.165) is 11.1 Å². The van der Waals surface area contributed by atoms with Crippen molar-refractivity contribution in [3.05, 3.63) is 52.6 Å². The third-order valence-electron chi connectivity index (χ3n) is 3.97. The SMILES string of the molecule is CC1=CC(Cc2ccc(N)c(C)c2)(C(=O)O)CC(C(=O)O)=C1. The van der Waals surface area contributed by atoms with Crippen molar-refractivity contribution in [2.24, 2.45) is 5.41 Å². The summed E-state index contributed by atoms with van der Waals surface area (Å²) in [5.74, 6) is -2.10. The minimum Gasteiger partial charge on any atom is -0.481 e. The van der Waals surface area contributed by atoms with Crippen molar-refractivity contribution in [1.29, 1.82) is 0 Å². The van der Waals surface area contributed by atoms with E-state index in [1.807, 2.05) is 13.0 Å². The van der Waals surface area contributed by atoms with E-state index in [2.05, 4.69) is 0 Å². The maximum absolute atomic E-state index is 11.9. The number of carbonyl (C=O) groups is 2. The molecular weight excluding hydrogens is 282 g/mol. The summed E-state index contributed by atoms with van der Waals surface area (Å²) in [6, 6.07) is 5.38. The molecule has 1 aromatic carbocycles. The number of nitrogens with two attached hydrogens (primary N) is 1. The van der Waals surface area contributed by atoms with Gasteiger partial charge in [-0.2, -0.15) is 0 Å². The zero-order valence-electron chi connectivity index (χ0n) is 12.6. The molecule has 5 nitrogen and oxygen atoms in total. The normalized spacial score (nSPS) is 21.0. The quantitative estimate of drug-likeness (QED) is 0.742. The van der Waals surface area contributed by atoms with Crippen molar-refractivity contribution in [2.45, 2.75) is 26.7 Å². The molecule has 0 saturated carbocycles. The molecule has 0 aliphatic heterocycles. The Balaban J connectivity index is 2.42. The summed E-state index contributed by atoms with van der Waals surface area (Å²) < 4.78 is 0. The van der Waals surface area contributed by atoms with Gasteiger partial charge in [0.1, 0.15) is 0 Å². The van der Waals surface area contributed by atoms with Gasteiger partial charge in [-0.05, 0) is 50.0 Å². The van der Waals surface area contributed by atoms with E-state index in [4.69, 9.17) is 5.73 Å². The number of benzene rings is 1. The van der Waals surface area contributed by atoms with E-state index in [-0.39, 0.29) is 18.4 Å². The van der Waals surface area contributed by atoms with E-state index >= 15 is 0 Å². The lowest BCUT2D eigenvalue weighted by Gasteiger charge is -2.30. The number of carboxylic acids is 2. The molecule has 1 aliphatic rings. The van der Waals surface area contributed by atoms with Gasteiger partial charge in [-0.25, -0.2) is 4.79 Å². The molecule has 0 fully saturated rings. The minimum absolute atomic E-state index is 0.0293. The number of hydrogen-bond acceptors (Lipinski definition) is 3. The lowest BCUT2D eigenvalue weighted by molar-refractivity contribution is -0.146. The molecule has 1 aromatic rings. The fourth-order valence-corrected chi connectivity index (χ4v) is 2.87. The molecule has 0 radical (unpaired) electrons. The van der Waals surface area contributed by atoms with Gasteiger partial charge in [0.15, 0.2) is 0 Å². The van der Waals surface area contributed by atoms with Crippen LogP contribution in [-0.2, 0) is 16.0 Å². The number of anilines is 1. The maximum atomic E-state index is 11.9. The van der Waals surface area contributed by atoms with Crippen LogP contribution >= 0.6 is 0 Å². The van der Waals surface area contributed by atoms with Crippen molar-refractivity contribution in [3.63, 3.8) is 0 Å². The topological polar surface area (TPSA) is 101 Å². The highest BCUT2D eigenvalue weighted by molar-refractivity contribution is 5.90. The van der Waals surface area contributed by atoms with Crippen molar-refractivity contribution >= 4 is 17.6 Å². The fraction of sp³-hybridized carbons (Fsp3) is 0.294. The predicted molar refractivity (Wildman–Crippen MR) is 83.5 cm³/mol. The van der Waals surface area contributed by atoms with E-state index in [1.165, 1.54) is 6.08 Å². The van der Waals surface area contributed by atoms with Crippen LogP contribution in [0.1, 0.15) is 24.5 Å². The minimum atomic E-state index is -1.24. The first-order valence-electron chi connectivity index (χ1n) is 6.95. The first-order chi connectivity index (χ1) is 10.2. The Morgan fingerprint density at radius 1 is 1.27 bits per heavy atom. The molecule has 4 N–H and O–H groups in total. The van der Waals surface area contributed by atoms with Crippen molar-refractivity contribution in [2.75, 3.05) is 5.73 Å². The van der Waals surface area contributed by atoms with Gasteiger partial charge < -0.3 is 15.9 Å². The average molecular weight is 301 g/mol. The second-order valence-corrected chi connectivity index (χ2v) is 5.87. The Labute approximate surface area is 128 Å². The zero-order valence-corrected chi connectivity index (χ0v) is 12.6.